The molecule has 0 aliphatic carbocycles. The van der Waals surface area contributed by atoms with Crippen molar-refractivity contribution in [2.24, 2.45) is 0 Å². The summed E-state index contributed by atoms with van der Waals surface area (Å²) >= 11 is 0. The number of aromatic hydroxyl groups is 1. The molecular weight excluding hydrogens is 384 g/mol. The van der Waals surface area contributed by atoms with E-state index in [1.54, 1.807) is 6.92 Å². The minimum Gasteiger partial charge on any atom is -0.507 e. The molecule has 0 aromatic heterocycles. The number of aryl methyl sites for hydroxylation is 2. The lowest BCUT2D eigenvalue weighted by Crippen LogP contribution is -2.19. The second kappa shape index (κ2) is 8.90. The Hall–Kier alpha value is -2.55. The van der Waals surface area contributed by atoms with Crippen molar-refractivity contribution in [1.29, 1.82) is 0 Å². The maximum atomic E-state index is 12.5. The normalized spacial score (nSPS) is 12.0. The van der Waals surface area contributed by atoms with Gasteiger partial charge in [0.2, 0.25) is 0 Å². The van der Waals surface area contributed by atoms with Crippen LogP contribution in [-0.4, -0.2) is 11.1 Å². The summed E-state index contributed by atoms with van der Waals surface area (Å²) in [6.45, 7) is 22.2. The van der Waals surface area contributed by atoms with Gasteiger partial charge in [0.15, 0.2) is 0 Å². The second-order valence-corrected chi connectivity index (χ2v) is 10.5. The molecule has 2 aromatic carbocycles. The molecule has 2 aromatic rings. The number of rotatable bonds is 6. The van der Waals surface area contributed by atoms with Crippen molar-refractivity contribution >= 4 is 5.97 Å². The summed E-state index contributed by atoms with van der Waals surface area (Å²) < 4.78 is 5.86. The fourth-order valence-corrected chi connectivity index (χ4v) is 3.74. The van der Waals surface area contributed by atoms with Crippen molar-refractivity contribution in [1.82, 2.24) is 0 Å². The monoisotopic (exact) mass is 422 g/mol. The van der Waals surface area contributed by atoms with E-state index in [1.807, 2.05) is 19.1 Å². The molecule has 168 valence electrons. The topological polar surface area (TPSA) is 46.5 Å². The second-order valence-electron chi connectivity index (χ2n) is 10.5. The number of carbonyl (C=O) groups is 1. The molecule has 0 fully saturated rings. The first-order valence-electron chi connectivity index (χ1n) is 11.0. The Kier molecular flexibility index (Phi) is 7.10. The van der Waals surface area contributed by atoms with Gasteiger partial charge in [0, 0.05) is 28.7 Å². The van der Waals surface area contributed by atoms with Crippen LogP contribution in [0.25, 0.3) is 0 Å². The van der Waals surface area contributed by atoms with Gasteiger partial charge in [0.05, 0.1) is 0 Å². The third-order valence-corrected chi connectivity index (χ3v) is 5.99. The number of carbonyl (C=O) groups excluding carboxylic acids is 1. The Morgan fingerprint density at radius 1 is 0.968 bits per heavy atom. The van der Waals surface area contributed by atoms with E-state index < -0.39 is 5.97 Å². The van der Waals surface area contributed by atoms with E-state index in [1.165, 1.54) is 0 Å². The van der Waals surface area contributed by atoms with Crippen LogP contribution in [0.2, 0.25) is 0 Å². The summed E-state index contributed by atoms with van der Waals surface area (Å²) in [6, 6.07) is 8.21. The minimum atomic E-state index is -0.433. The summed E-state index contributed by atoms with van der Waals surface area (Å²) in [4.78, 5) is 12.5. The molecule has 3 nitrogen and oxygen atoms in total. The number of ether oxygens (including phenoxy) is 1. The van der Waals surface area contributed by atoms with Crippen molar-refractivity contribution in [2.75, 3.05) is 0 Å². The van der Waals surface area contributed by atoms with Gasteiger partial charge < -0.3 is 9.84 Å². The highest BCUT2D eigenvalue weighted by Crippen LogP contribution is 2.41. The lowest BCUT2D eigenvalue weighted by molar-refractivity contribution is -0.130. The van der Waals surface area contributed by atoms with E-state index in [2.05, 4.69) is 67.2 Å². The number of hydrogen-bond acceptors (Lipinski definition) is 3. The van der Waals surface area contributed by atoms with Crippen LogP contribution in [-0.2, 0) is 22.0 Å². The van der Waals surface area contributed by atoms with Crippen LogP contribution in [0.5, 0.6) is 11.5 Å². The van der Waals surface area contributed by atoms with Crippen LogP contribution in [0, 0.1) is 13.8 Å². The molecule has 0 unspecified atom stereocenters. The van der Waals surface area contributed by atoms with E-state index >= 15 is 0 Å². The molecule has 1 N–H and O–H groups in total. The molecule has 2 rings (SSSR count). The molecule has 0 spiro atoms. The van der Waals surface area contributed by atoms with Gasteiger partial charge in [-0.25, -0.2) is 4.79 Å². The first-order valence-corrected chi connectivity index (χ1v) is 11.0. The number of phenols is 1. The zero-order chi connectivity index (χ0) is 23.7. The minimum absolute atomic E-state index is 0.136. The maximum absolute atomic E-state index is 12.5. The Bertz CT molecular complexity index is 1000. The molecule has 0 amide bonds. The Balaban J connectivity index is 2.71. The molecule has 31 heavy (non-hydrogen) atoms. The highest BCUT2D eigenvalue weighted by molar-refractivity contribution is 5.89. The molecule has 0 atom stereocenters. The van der Waals surface area contributed by atoms with Gasteiger partial charge in [0.1, 0.15) is 11.5 Å². The van der Waals surface area contributed by atoms with Crippen LogP contribution in [0.1, 0.15) is 88.3 Å². The van der Waals surface area contributed by atoms with Crippen LogP contribution in [0.3, 0.4) is 0 Å². The molecule has 0 heterocycles. The third-order valence-electron chi connectivity index (χ3n) is 5.99. The van der Waals surface area contributed by atoms with Crippen molar-refractivity contribution in [3.05, 3.63) is 69.8 Å². The summed E-state index contributed by atoms with van der Waals surface area (Å²) in [6.07, 6.45) is 1.40. The number of hydrogen-bond donors (Lipinski definition) is 1. The zero-order valence-corrected chi connectivity index (χ0v) is 20.7. The summed E-state index contributed by atoms with van der Waals surface area (Å²) in [5, 5.41) is 11.2. The Morgan fingerprint density at radius 2 is 1.48 bits per heavy atom. The lowest BCUT2D eigenvalue weighted by atomic mass is 9.79. The standard InChI is InChI=1S/C28H38O3/c1-11-28(9,10)22-14-18(4)12-20(24(22)29)16-21-13-19(5)15-23(27(6,7)8)25(21)31-26(30)17(2)3/h12-15,29H,2,11,16H2,1,3-10H3. The summed E-state index contributed by atoms with van der Waals surface area (Å²) in [7, 11) is 0. The highest BCUT2D eigenvalue weighted by atomic mass is 16.5. The van der Waals surface area contributed by atoms with E-state index in [4.69, 9.17) is 4.74 Å². The smallest absolute Gasteiger partial charge is 0.338 e. The fourth-order valence-electron chi connectivity index (χ4n) is 3.74. The number of phenolic OH excluding ortho intramolecular Hbond substituents is 1. The predicted molar refractivity (Wildman–Crippen MR) is 129 cm³/mol. The van der Waals surface area contributed by atoms with Crippen molar-refractivity contribution in [2.45, 2.75) is 86.0 Å². The van der Waals surface area contributed by atoms with Crippen LogP contribution < -0.4 is 4.74 Å². The van der Waals surface area contributed by atoms with Crippen molar-refractivity contribution in [3.63, 3.8) is 0 Å². The van der Waals surface area contributed by atoms with Gasteiger partial charge in [-0.3, -0.25) is 0 Å². The lowest BCUT2D eigenvalue weighted by Gasteiger charge is -2.27. The molecule has 0 saturated carbocycles. The molecular formula is C28H38O3. The van der Waals surface area contributed by atoms with Crippen molar-refractivity contribution < 1.29 is 14.6 Å². The molecule has 0 aliphatic heterocycles. The quantitative estimate of drug-likeness (QED) is 0.308. The van der Waals surface area contributed by atoms with Crippen LogP contribution in [0.15, 0.2) is 36.4 Å². The van der Waals surface area contributed by atoms with E-state index in [0.29, 0.717) is 23.5 Å². The van der Waals surface area contributed by atoms with E-state index in [0.717, 1.165) is 39.8 Å². The molecule has 3 heteroatoms. The van der Waals surface area contributed by atoms with Gasteiger partial charge in [-0.2, -0.15) is 0 Å². The highest BCUT2D eigenvalue weighted by Gasteiger charge is 2.27. The first-order chi connectivity index (χ1) is 14.2. The summed E-state index contributed by atoms with van der Waals surface area (Å²) in [5.41, 5.74) is 5.86. The maximum Gasteiger partial charge on any atom is 0.338 e. The third kappa shape index (κ3) is 5.58. The van der Waals surface area contributed by atoms with Crippen molar-refractivity contribution in [3.8, 4) is 11.5 Å². The molecule has 0 radical (unpaired) electrons. The van der Waals surface area contributed by atoms with Gasteiger partial charge in [0.25, 0.3) is 0 Å². The average Bonchev–Trinajstić information content (AvgIpc) is 2.64. The number of benzene rings is 2. The van der Waals surface area contributed by atoms with Gasteiger partial charge in [-0.15, -0.1) is 0 Å². The fraction of sp³-hybridized carbons (Fsp3) is 0.464. The van der Waals surface area contributed by atoms with Crippen LogP contribution in [0.4, 0.5) is 0 Å². The average molecular weight is 423 g/mol. The van der Waals surface area contributed by atoms with E-state index in [-0.39, 0.29) is 10.8 Å². The Morgan fingerprint density at radius 3 is 1.97 bits per heavy atom. The molecule has 0 saturated heterocycles. The Labute approximate surface area is 188 Å². The van der Waals surface area contributed by atoms with Gasteiger partial charge in [-0.05, 0) is 43.6 Å². The molecule has 0 bridgehead atoms. The van der Waals surface area contributed by atoms with E-state index in [9.17, 15) is 9.90 Å². The van der Waals surface area contributed by atoms with Gasteiger partial charge >= 0.3 is 5.97 Å². The number of esters is 1. The first kappa shape index (κ1) is 24.7. The molecule has 0 aliphatic rings. The van der Waals surface area contributed by atoms with Crippen LogP contribution >= 0.6 is 0 Å². The summed E-state index contributed by atoms with van der Waals surface area (Å²) in [5.74, 6) is 0.466. The SMILES string of the molecule is C=C(C)C(=O)Oc1c(Cc2cc(C)cc(C(C)(C)CC)c2O)cc(C)cc1C(C)(C)C. The zero-order valence-electron chi connectivity index (χ0n) is 20.7. The largest absolute Gasteiger partial charge is 0.507 e. The van der Waals surface area contributed by atoms with Gasteiger partial charge in [-0.1, -0.05) is 83.5 Å². The predicted octanol–water partition coefficient (Wildman–Crippen LogP) is 7.07.